The van der Waals surface area contributed by atoms with Gasteiger partial charge in [0.15, 0.2) is 6.29 Å². The zero-order chi connectivity index (χ0) is 13.4. The summed E-state index contributed by atoms with van der Waals surface area (Å²) in [4.78, 5) is 12.8. The lowest BCUT2D eigenvalue weighted by Crippen LogP contribution is -2.31. The van der Waals surface area contributed by atoms with Gasteiger partial charge in [-0.15, -0.1) is 0 Å². The number of rotatable bonds is 8. The van der Waals surface area contributed by atoms with Crippen LogP contribution in [0.5, 0.6) is 0 Å². The standard InChI is InChI=1S/C13H18FNO3/c1-17-8-6-15(7-9-18-2)13-5-3-4-12(14)11(13)10-16/h3-5,10H,6-9H2,1-2H3. The number of halogens is 1. The van der Waals surface area contributed by atoms with E-state index in [-0.39, 0.29) is 5.56 Å². The lowest BCUT2D eigenvalue weighted by Gasteiger charge is -2.25. The third-order valence-electron chi connectivity index (χ3n) is 2.62. The molecule has 5 heteroatoms. The minimum absolute atomic E-state index is 0.0738. The number of ether oxygens (including phenoxy) is 2. The van der Waals surface area contributed by atoms with E-state index in [1.165, 1.54) is 6.07 Å². The van der Waals surface area contributed by atoms with Gasteiger partial charge in [0.1, 0.15) is 5.82 Å². The molecular weight excluding hydrogens is 237 g/mol. The van der Waals surface area contributed by atoms with E-state index in [0.29, 0.717) is 38.3 Å². The van der Waals surface area contributed by atoms with Crippen molar-refractivity contribution in [2.24, 2.45) is 0 Å². The van der Waals surface area contributed by atoms with Crippen LogP contribution in [0.2, 0.25) is 0 Å². The van der Waals surface area contributed by atoms with Crippen LogP contribution < -0.4 is 4.90 Å². The molecule has 1 rings (SSSR count). The first-order valence-electron chi connectivity index (χ1n) is 5.71. The molecular formula is C13H18FNO3. The average molecular weight is 255 g/mol. The van der Waals surface area contributed by atoms with Gasteiger partial charge < -0.3 is 14.4 Å². The smallest absolute Gasteiger partial charge is 0.155 e. The van der Waals surface area contributed by atoms with Crippen LogP contribution in [0.15, 0.2) is 18.2 Å². The normalized spacial score (nSPS) is 10.4. The maximum Gasteiger partial charge on any atom is 0.155 e. The van der Waals surface area contributed by atoms with Crippen molar-refractivity contribution in [2.45, 2.75) is 0 Å². The Labute approximate surface area is 106 Å². The number of anilines is 1. The summed E-state index contributed by atoms with van der Waals surface area (Å²) in [5, 5.41) is 0. The second-order valence-corrected chi connectivity index (χ2v) is 3.76. The van der Waals surface area contributed by atoms with E-state index in [1.54, 1.807) is 26.4 Å². The molecule has 0 amide bonds. The molecule has 0 atom stereocenters. The maximum atomic E-state index is 13.5. The van der Waals surface area contributed by atoms with Crippen LogP contribution in [0.25, 0.3) is 0 Å². The number of benzene rings is 1. The number of aldehydes is 1. The van der Waals surface area contributed by atoms with E-state index in [0.717, 1.165) is 0 Å². The molecule has 100 valence electrons. The van der Waals surface area contributed by atoms with E-state index in [1.807, 2.05) is 4.90 Å². The number of carbonyl (C=O) groups is 1. The van der Waals surface area contributed by atoms with Crippen LogP contribution in [0, 0.1) is 5.82 Å². The van der Waals surface area contributed by atoms with Crippen LogP contribution in [0.4, 0.5) is 10.1 Å². The second-order valence-electron chi connectivity index (χ2n) is 3.76. The predicted molar refractivity (Wildman–Crippen MR) is 67.8 cm³/mol. The molecule has 0 aliphatic heterocycles. The Morgan fingerprint density at radius 3 is 2.33 bits per heavy atom. The molecule has 0 radical (unpaired) electrons. The molecule has 0 fully saturated rings. The van der Waals surface area contributed by atoms with Crippen molar-refractivity contribution in [1.29, 1.82) is 0 Å². The summed E-state index contributed by atoms with van der Waals surface area (Å²) in [5.74, 6) is -0.512. The average Bonchev–Trinajstić information content (AvgIpc) is 2.39. The summed E-state index contributed by atoms with van der Waals surface area (Å²) < 4.78 is 23.6. The van der Waals surface area contributed by atoms with Crippen molar-refractivity contribution >= 4 is 12.0 Å². The van der Waals surface area contributed by atoms with Gasteiger partial charge in [-0.2, -0.15) is 0 Å². The summed E-state index contributed by atoms with van der Waals surface area (Å²) in [6, 6.07) is 4.58. The summed E-state index contributed by atoms with van der Waals surface area (Å²) in [5.41, 5.74) is 0.642. The van der Waals surface area contributed by atoms with Crippen molar-refractivity contribution < 1.29 is 18.7 Å². The highest BCUT2D eigenvalue weighted by Gasteiger charge is 2.13. The Hall–Kier alpha value is -1.46. The van der Waals surface area contributed by atoms with Gasteiger partial charge in [0.25, 0.3) is 0 Å². The third kappa shape index (κ3) is 3.78. The number of hydrogen-bond donors (Lipinski definition) is 0. The molecule has 1 aromatic rings. The van der Waals surface area contributed by atoms with Crippen LogP contribution in [0.1, 0.15) is 10.4 Å². The van der Waals surface area contributed by atoms with E-state index >= 15 is 0 Å². The fourth-order valence-corrected chi connectivity index (χ4v) is 1.67. The zero-order valence-electron chi connectivity index (χ0n) is 10.7. The molecule has 0 bridgehead atoms. The number of hydrogen-bond acceptors (Lipinski definition) is 4. The van der Waals surface area contributed by atoms with Gasteiger partial charge in [0.05, 0.1) is 24.5 Å². The highest BCUT2D eigenvalue weighted by atomic mass is 19.1. The maximum absolute atomic E-state index is 13.5. The first-order chi connectivity index (χ1) is 8.74. The number of methoxy groups -OCH3 is 2. The van der Waals surface area contributed by atoms with Crippen molar-refractivity contribution in [2.75, 3.05) is 45.4 Å². The highest BCUT2D eigenvalue weighted by molar-refractivity contribution is 5.85. The van der Waals surface area contributed by atoms with E-state index in [9.17, 15) is 9.18 Å². The molecule has 0 spiro atoms. The molecule has 0 saturated heterocycles. The number of carbonyl (C=O) groups excluding carboxylic acids is 1. The molecule has 0 aromatic heterocycles. The first-order valence-corrected chi connectivity index (χ1v) is 5.71. The van der Waals surface area contributed by atoms with Crippen LogP contribution in [-0.2, 0) is 9.47 Å². The predicted octanol–water partition coefficient (Wildman–Crippen LogP) is 1.74. The van der Waals surface area contributed by atoms with Gasteiger partial charge in [0.2, 0.25) is 0 Å². The molecule has 0 aliphatic rings. The van der Waals surface area contributed by atoms with E-state index < -0.39 is 5.82 Å². The minimum Gasteiger partial charge on any atom is -0.383 e. The van der Waals surface area contributed by atoms with Crippen molar-refractivity contribution in [3.05, 3.63) is 29.6 Å². The highest BCUT2D eigenvalue weighted by Crippen LogP contribution is 2.21. The molecule has 0 N–H and O–H groups in total. The monoisotopic (exact) mass is 255 g/mol. The summed E-state index contributed by atoms with van der Waals surface area (Å²) in [6.45, 7) is 2.14. The summed E-state index contributed by atoms with van der Waals surface area (Å²) in [7, 11) is 3.20. The number of nitrogens with zero attached hydrogens (tertiary/aromatic N) is 1. The lowest BCUT2D eigenvalue weighted by molar-refractivity contribution is 0.112. The van der Waals surface area contributed by atoms with Crippen molar-refractivity contribution in [3.8, 4) is 0 Å². The Morgan fingerprint density at radius 2 is 1.83 bits per heavy atom. The molecule has 18 heavy (non-hydrogen) atoms. The Balaban J connectivity index is 2.95. The van der Waals surface area contributed by atoms with Gasteiger partial charge in [-0.05, 0) is 12.1 Å². The van der Waals surface area contributed by atoms with Crippen molar-refractivity contribution in [3.63, 3.8) is 0 Å². The van der Waals surface area contributed by atoms with E-state index in [4.69, 9.17) is 9.47 Å². The SMILES string of the molecule is COCCN(CCOC)c1cccc(F)c1C=O. The zero-order valence-corrected chi connectivity index (χ0v) is 10.7. The first kappa shape index (κ1) is 14.6. The fourth-order valence-electron chi connectivity index (χ4n) is 1.67. The Bertz CT molecular complexity index is 376. The van der Waals surface area contributed by atoms with Gasteiger partial charge in [-0.25, -0.2) is 4.39 Å². The van der Waals surface area contributed by atoms with Gasteiger partial charge >= 0.3 is 0 Å². The second kappa shape index (κ2) is 7.79. The molecule has 4 nitrogen and oxygen atoms in total. The summed E-state index contributed by atoms with van der Waals surface area (Å²) >= 11 is 0. The van der Waals surface area contributed by atoms with Gasteiger partial charge in [-0.1, -0.05) is 6.07 Å². The molecule has 0 unspecified atom stereocenters. The molecule has 0 heterocycles. The fraction of sp³-hybridized carbons (Fsp3) is 0.462. The quantitative estimate of drug-likeness (QED) is 0.663. The molecule has 1 aromatic carbocycles. The van der Waals surface area contributed by atoms with Crippen molar-refractivity contribution in [1.82, 2.24) is 0 Å². The van der Waals surface area contributed by atoms with Crippen LogP contribution >= 0.6 is 0 Å². The van der Waals surface area contributed by atoms with Gasteiger partial charge in [0, 0.05) is 27.3 Å². The molecule has 0 aliphatic carbocycles. The van der Waals surface area contributed by atoms with Crippen LogP contribution in [0.3, 0.4) is 0 Å². The van der Waals surface area contributed by atoms with Crippen LogP contribution in [-0.4, -0.2) is 46.8 Å². The lowest BCUT2D eigenvalue weighted by atomic mass is 10.1. The Morgan fingerprint density at radius 1 is 1.22 bits per heavy atom. The minimum atomic E-state index is -0.512. The topological polar surface area (TPSA) is 38.8 Å². The molecule has 0 saturated carbocycles. The van der Waals surface area contributed by atoms with Gasteiger partial charge in [-0.3, -0.25) is 4.79 Å². The largest absolute Gasteiger partial charge is 0.383 e. The van der Waals surface area contributed by atoms with E-state index in [2.05, 4.69) is 0 Å². The third-order valence-corrected chi connectivity index (χ3v) is 2.62. The Kier molecular flexibility index (Phi) is 6.32. The summed E-state index contributed by atoms with van der Waals surface area (Å²) in [6.07, 6.45) is 0.539.